The average molecular weight is 364 g/mol. The van der Waals surface area contributed by atoms with Crippen molar-refractivity contribution < 1.29 is 9.59 Å². The third-order valence-corrected chi connectivity index (χ3v) is 5.46. The van der Waals surface area contributed by atoms with Crippen molar-refractivity contribution in [3.8, 4) is 0 Å². The molecule has 2 saturated heterocycles. The second-order valence-electron chi connectivity index (χ2n) is 7.14. The van der Waals surface area contributed by atoms with Gasteiger partial charge >= 0.3 is 6.03 Å². The van der Waals surface area contributed by atoms with E-state index < -0.39 is 0 Å². The molecule has 2 fully saturated rings. The highest BCUT2D eigenvalue weighted by molar-refractivity contribution is 6.06. The first kappa shape index (κ1) is 15.9. The molecular weight excluding hydrogens is 344 g/mol. The Morgan fingerprint density at radius 2 is 2.07 bits per heavy atom. The lowest BCUT2D eigenvalue weighted by Crippen LogP contribution is -2.50. The zero-order valence-electron chi connectivity index (χ0n) is 15.0. The average Bonchev–Trinajstić information content (AvgIpc) is 3.35. The fourth-order valence-electron chi connectivity index (χ4n) is 3.78. The molecule has 1 N–H and O–H groups in total. The van der Waals surface area contributed by atoms with Crippen LogP contribution in [0.3, 0.4) is 0 Å². The van der Waals surface area contributed by atoms with Crippen molar-refractivity contribution in [2.45, 2.75) is 6.04 Å². The van der Waals surface area contributed by atoms with Gasteiger partial charge in [-0.3, -0.25) is 14.4 Å². The van der Waals surface area contributed by atoms with Gasteiger partial charge in [-0.05, 0) is 18.2 Å². The van der Waals surface area contributed by atoms with Gasteiger partial charge < -0.3 is 14.8 Å². The second-order valence-corrected chi connectivity index (χ2v) is 7.14. The number of carbonyl (C=O) groups is 2. The predicted molar refractivity (Wildman–Crippen MR) is 101 cm³/mol. The fraction of sp³-hybridized carbons (Fsp3) is 0.316. The maximum absolute atomic E-state index is 12.8. The monoisotopic (exact) mass is 364 g/mol. The van der Waals surface area contributed by atoms with Gasteiger partial charge in [0.1, 0.15) is 0 Å². The number of H-pyrrole nitrogens is 1. The van der Waals surface area contributed by atoms with E-state index >= 15 is 0 Å². The molecule has 2 aromatic heterocycles. The van der Waals surface area contributed by atoms with Crippen LogP contribution in [0.5, 0.6) is 0 Å². The quantitative estimate of drug-likeness (QED) is 0.771. The Morgan fingerprint density at radius 1 is 1.22 bits per heavy atom. The van der Waals surface area contributed by atoms with E-state index in [9.17, 15) is 9.59 Å². The SMILES string of the molecule is CN1CCN(c2cnn(C3CN(C(=O)c4cccc5[nH]ccc45)C3)c2)C1=O. The van der Waals surface area contributed by atoms with Gasteiger partial charge in [-0.25, -0.2) is 4.79 Å². The van der Waals surface area contributed by atoms with Crippen LogP contribution in [0.2, 0.25) is 0 Å². The molecule has 3 amide bonds. The number of rotatable bonds is 3. The van der Waals surface area contributed by atoms with Crippen molar-refractivity contribution >= 4 is 28.5 Å². The van der Waals surface area contributed by atoms with Crippen molar-refractivity contribution in [1.82, 2.24) is 24.6 Å². The summed E-state index contributed by atoms with van der Waals surface area (Å²) in [5.74, 6) is 0.0418. The van der Waals surface area contributed by atoms with Crippen LogP contribution in [0, 0.1) is 0 Å². The van der Waals surface area contributed by atoms with Gasteiger partial charge in [0.2, 0.25) is 0 Å². The number of hydrogen-bond donors (Lipinski definition) is 1. The van der Waals surface area contributed by atoms with Gasteiger partial charge in [-0.2, -0.15) is 5.10 Å². The number of likely N-dealkylation sites (N-methyl/N-ethyl adjacent to an activating group) is 1. The topological polar surface area (TPSA) is 77.5 Å². The summed E-state index contributed by atoms with van der Waals surface area (Å²) in [7, 11) is 1.80. The summed E-state index contributed by atoms with van der Waals surface area (Å²) in [5.41, 5.74) is 2.50. The fourth-order valence-corrected chi connectivity index (χ4v) is 3.78. The summed E-state index contributed by atoms with van der Waals surface area (Å²) >= 11 is 0. The van der Waals surface area contributed by atoms with Crippen LogP contribution in [0.25, 0.3) is 10.9 Å². The van der Waals surface area contributed by atoms with Crippen molar-refractivity contribution in [3.63, 3.8) is 0 Å². The molecule has 0 spiro atoms. The molecule has 1 aromatic carbocycles. The van der Waals surface area contributed by atoms with Crippen molar-refractivity contribution in [2.75, 3.05) is 38.1 Å². The van der Waals surface area contributed by atoms with E-state index in [2.05, 4.69) is 10.1 Å². The summed E-state index contributed by atoms with van der Waals surface area (Å²) in [4.78, 5) is 33.4. The molecule has 2 aliphatic rings. The minimum Gasteiger partial charge on any atom is -0.361 e. The van der Waals surface area contributed by atoms with E-state index in [1.54, 1.807) is 23.0 Å². The molecule has 27 heavy (non-hydrogen) atoms. The summed E-state index contributed by atoms with van der Waals surface area (Å²) < 4.78 is 1.86. The minimum absolute atomic E-state index is 0.000407. The Morgan fingerprint density at radius 3 is 2.85 bits per heavy atom. The molecule has 0 atom stereocenters. The number of fused-ring (bicyclic) bond motifs is 1. The highest BCUT2D eigenvalue weighted by Crippen LogP contribution is 2.28. The molecule has 0 radical (unpaired) electrons. The Hall–Kier alpha value is -3.29. The molecule has 2 aliphatic heterocycles. The van der Waals surface area contributed by atoms with Gasteiger partial charge in [-0.1, -0.05) is 6.07 Å². The third kappa shape index (κ3) is 2.48. The number of carbonyl (C=O) groups excluding carboxylic acids is 2. The van der Waals surface area contributed by atoms with E-state index in [4.69, 9.17) is 0 Å². The maximum Gasteiger partial charge on any atom is 0.324 e. The smallest absolute Gasteiger partial charge is 0.324 e. The molecule has 8 heteroatoms. The van der Waals surface area contributed by atoms with Crippen LogP contribution >= 0.6 is 0 Å². The molecule has 5 rings (SSSR count). The van der Waals surface area contributed by atoms with Crippen LogP contribution in [0.1, 0.15) is 16.4 Å². The van der Waals surface area contributed by atoms with Crippen molar-refractivity contribution in [1.29, 1.82) is 0 Å². The Bertz CT molecular complexity index is 1030. The molecule has 0 aliphatic carbocycles. The van der Waals surface area contributed by atoms with Gasteiger partial charge in [0.25, 0.3) is 5.91 Å². The highest BCUT2D eigenvalue weighted by Gasteiger charge is 2.34. The number of nitrogens with zero attached hydrogens (tertiary/aromatic N) is 5. The minimum atomic E-state index is -0.000407. The molecular formula is C19H20N6O2. The first-order valence-electron chi connectivity index (χ1n) is 9.04. The Kier molecular flexibility index (Phi) is 3.46. The number of nitrogens with one attached hydrogen (secondary N) is 1. The summed E-state index contributed by atoms with van der Waals surface area (Å²) in [5, 5.41) is 5.36. The number of aromatic nitrogens is 3. The summed E-state index contributed by atoms with van der Waals surface area (Å²) in [6.07, 6.45) is 5.47. The van der Waals surface area contributed by atoms with Gasteiger partial charge in [-0.15, -0.1) is 0 Å². The normalized spacial score (nSPS) is 17.8. The van der Waals surface area contributed by atoms with E-state index in [1.807, 2.05) is 46.2 Å². The largest absolute Gasteiger partial charge is 0.361 e. The number of amides is 3. The standard InChI is InChI=1S/C19H20N6O2/c1-22-7-8-24(19(22)27)13-9-21-25(12-13)14-10-23(11-14)18(26)16-3-2-4-17-15(16)5-6-20-17/h2-6,9,12,14,20H,7-8,10-11H2,1H3. The van der Waals surface area contributed by atoms with Crippen LogP contribution in [0.4, 0.5) is 10.5 Å². The second kappa shape index (κ2) is 5.87. The van der Waals surface area contributed by atoms with Crippen LogP contribution in [-0.2, 0) is 0 Å². The van der Waals surface area contributed by atoms with Crippen LogP contribution in [0.15, 0.2) is 42.9 Å². The molecule has 3 aromatic rings. The molecule has 4 heterocycles. The van der Waals surface area contributed by atoms with Crippen molar-refractivity contribution in [2.24, 2.45) is 0 Å². The van der Waals surface area contributed by atoms with Gasteiger partial charge in [0.15, 0.2) is 0 Å². The predicted octanol–water partition coefficient (Wildman–Crippen LogP) is 1.93. The first-order valence-corrected chi connectivity index (χ1v) is 9.04. The van der Waals surface area contributed by atoms with Gasteiger partial charge in [0.05, 0.1) is 17.9 Å². The van der Waals surface area contributed by atoms with Crippen molar-refractivity contribution in [3.05, 3.63) is 48.4 Å². The third-order valence-electron chi connectivity index (χ3n) is 5.46. The summed E-state index contributed by atoms with van der Waals surface area (Å²) in [6, 6.07) is 7.81. The van der Waals surface area contributed by atoms with E-state index in [0.29, 0.717) is 19.6 Å². The Labute approximate surface area is 155 Å². The van der Waals surface area contributed by atoms with Gasteiger partial charge in [0, 0.05) is 62.1 Å². The number of likely N-dealkylation sites (tertiary alicyclic amines) is 1. The zero-order valence-corrected chi connectivity index (χ0v) is 15.0. The highest BCUT2D eigenvalue weighted by atomic mass is 16.2. The van der Waals surface area contributed by atoms with Crippen LogP contribution in [-0.4, -0.2) is 69.7 Å². The maximum atomic E-state index is 12.8. The van der Waals surface area contributed by atoms with E-state index in [0.717, 1.165) is 28.7 Å². The first-order chi connectivity index (χ1) is 13.1. The van der Waals surface area contributed by atoms with E-state index in [-0.39, 0.29) is 18.0 Å². The number of aromatic amines is 1. The number of hydrogen-bond acceptors (Lipinski definition) is 3. The lowest BCUT2D eigenvalue weighted by molar-refractivity contribution is 0.0503. The lowest BCUT2D eigenvalue weighted by Gasteiger charge is -2.39. The molecule has 0 saturated carbocycles. The molecule has 0 unspecified atom stereocenters. The number of urea groups is 1. The molecule has 0 bridgehead atoms. The molecule has 8 nitrogen and oxygen atoms in total. The Balaban J connectivity index is 1.28. The lowest BCUT2D eigenvalue weighted by atomic mass is 10.0. The van der Waals surface area contributed by atoms with Crippen LogP contribution < -0.4 is 4.90 Å². The number of anilines is 1. The molecule has 138 valence electrons. The zero-order chi connectivity index (χ0) is 18.5. The number of benzene rings is 1. The summed E-state index contributed by atoms with van der Waals surface area (Å²) in [6.45, 7) is 2.64. The van der Waals surface area contributed by atoms with E-state index in [1.165, 1.54) is 0 Å².